The number of aromatic nitrogens is 1. The van der Waals surface area contributed by atoms with Crippen LogP contribution < -0.4 is 4.72 Å². The van der Waals surface area contributed by atoms with Crippen LogP contribution in [0.3, 0.4) is 0 Å². The second-order valence-electron chi connectivity index (χ2n) is 4.35. The fraction of sp³-hybridized carbons (Fsp3) is 0.143. The van der Waals surface area contributed by atoms with Crippen LogP contribution in [-0.2, 0) is 16.6 Å². The average molecular weight is 322 g/mol. The van der Waals surface area contributed by atoms with Gasteiger partial charge in [0.1, 0.15) is 4.90 Å². The Hall–Kier alpha value is -1.94. The first kappa shape index (κ1) is 15.4. The maximum atomic E-state index is 12.3. The van der Waals surface area contributed by atoms with Gasteiger partial charge in [0, 0.05) is 6.20 Å². The zero-order valence-corrected chi connectivity index (χ0v) is 12.7. The van der Waals surface area contributed by atoms with Crippen molar-refractivity contribution in [3.05, 3.63) is 58.4 Å². The first-order chi connectivity index (χ1) is 9.94. The van der Waals surface area contributed by atoms with Gasteiger partial charge in [0.15, 0.2) is 0 Å². The first-order valence-corrected chi connectivity index (χ1v) is 7.90. The van der Waals surface area contributed by atoms with Gasteiger partial charge in [-0.2, -0.15) is 5.26 Å². The second-order valence-corrected chi connectivity index (χ2v) is 6.49. The summed E-state index contributed by atoms with van der Waals surface area (Å²) in [5, 5.41) is 8.91. The van der Waals surface area contributed by atoms with Gasteiger partial charge in [-0.25, -0.2) is 13.1 Å². The van der Waals surface area contributed by atoms with Crippen LogP contribution in [0.2, 0.25) is 5.02 Å². The third kappa shape index (κ3) is 3.58. The van der Waals surface area contributed by atoms with Crippen molar-refractivity contribution in [2.24, 2.45) is 0 Å². The van der Waals surface area contributed by atoms with E-state index in [0.29, 0.717) is 5.69 Å². The minimum Gasteiger partial charge on any atom is -0.260 e. The van der Waals surface area contributed by atoms with Crippen LogP contribution in [0, 0.1) is 18.3 Å². The summed E-state index contributed by atoms with van der Waals surface area (Å²) in [5.74, 6) is 0. The molecule has 0 aliphatic heterocycles. The van der Waals surface area contributed by atoms with Gasteiger partial charge >= 0.3 is 0 Å². The van der Waals surface area contributed by atoms with Crippen LogP contribution in [0.25, 0.3) is 0 Å². The lowest BCUT2D eigenvalue weighted by Gasteiger charge is -2.09. The molecule has 0 fully saturated rings. The molecule has 1 aromatic heterocycles. The Kier molecular flexibility index (Phi) is 4.58. The number of rotatable bonds is 4. The van der Waals surface area contributed by atoms with E-state index in [9.17, 15) is 8.42 Å². The van der Waals surface area contributed by atoms with E-state index in [1.54, 1.807) is 12.3 Å². The molecule has 0 saturated heterocycles. The summed E-state index contributed by atoms with van der Waals surface area (Å²) >= 11 is 5.91. The Balaban J connectivity index is 2.28. The van der Waals surface area contributed by atoms with Gasteiger partial charge in [0.2, 0.25) is 10.0 Å². The second kappa shape index (κ2) is 6.22. The third-order valence-corrected chi connectivity index (χ3v) is 4.78. The average Bonchev–Trinajstić information content (AvgIpc) is 2.47. The van der Waals surface area contributed by atoms with Gasteiger partial charge in [-0.05, 0) is 36.8 Å². The van der Waals surface area contributed by atoms with E-state index >= 15 is 0 Å². The van der Waals surface area contributed by atoms with Crippen LogP contribution in [0.1, 0.15) is 16.8 Å². The fourth-order valence-corrected chi connectivity index (χ4v) is 3.23. The minimum absolute atomic E-state index is 0.0577. The Morgan fingerprint density at radius 1 is 1.38 bits per heavy atom. The smallest absolute Gasteiger partial charge is 0.242 e. The highest BCUT2D eigenvalue weighted by Gasteiger charge is 2.18. The van der Waals surface area contributed by atoms with Gasteiger partial charge in [-0.3, -0.25) is 4.98 Å². The van der Waals surface area contributed by atoms with Crippen molar-refractivity contribution in [1.82, 2.24) is 9.71 Å². The molecule has 5 nitrogen and oxygen atoms in total. The zero-order chi connectivity index (χ0) is 15.5. The van der Waals surface area contributed by atoms with Gasteiger partial charge in [-0.15, -0.1) is 0 Å². The maximum absolute atomic E-state index is 12.3. The lowest BCUT2D eigenvalue weighted by atomic mass is 10.2. The Morgan fingerprint density at radius 3 is 2.81 bits per heavy atom. The molecule has 0 amide bonds. The number of nitrogens with zero attached hydrogens (tertiary/aromatic N) is 2. The number of halogens is 1. The molecule has 0 unspecified atom stereocenters. The summed E-state index contributed by atoms with van der Waals surface area (Å²) in [7, 11) is -3.81. The van der Waals surface area contributed by atoms with E-state index in [-0.39, 0.29) is 22.0 Å². The molecule has 1 N–H and O–H groups in total. The molecular formula is C14H12ClN3O2S. The van der Waals surface area contributed by atoms with Gasteiger partial charge in [0.25, 0.3) is 0 Å². The number of aryl methyl sites for hydroxylation is 1. The number of pyridine rings is 1. The Bertz CT molecular complexity index is 813. The lowest BCUT2D eigenvalue weighted by molar-refractivity contribution is 0.580. The molecule has 0 atom stereocenters. The van der Waals surface area contributed by atoms with E-state index in [1.807, 2.05) is 19.1 Å². The number of sulfonamides is 1. The molecule has 2 rings (SSSR count). The van der Waals surface area contributed by atoms with Crippen molar-refractivity contribution in [3.8, 4) is 6.07 Å². The van der Waals surface area contributed by atoms with E-state index in [4.69, 9.17) is 16.9 Å². The number of nitriles is 1. The molecule has 1 aromatic carbocycles. The normalized spacial score (nSPS) is 11.1. The molecule has 0 bridgehead atoms. The summed E-state index contributed by atoms with van der Waals surface area (Å²) in [4.78, 5) is 4.00. The molecule has 7 heteroatoms. The van der Waals surface area contributed by atoms with Crippen molar-refractivity contribution >= 4 is 21.6 Å². The van der Waals surface area contributed by atoms with Crippen molar-refractivity contribution in [3.63, 3.8) is 0 Å². The zero-order valence-electron chi connectivity index (χ0n) is 11.2. The number of benzene rings is 1. The molecule has 0 saturated carbocycles. The van der Waals surface area contributed by atoms with E-state index < -0.39 is 10.0 Å². The molecule has 21 heavy (non-hydrogen) atoms. The van der Waals surface area contributed by atoms with E-state index in [0.717, 1.165) is 5.56 Å². The number of hydrogen-bond donors (Lipinski definition) is 1. The molecule has 0 radical (unpaired) electrons. The van der Waals surface area contributed by atoms with E-state index in [1.165, 1.54) is 18.2 Å². The fourth-order valence-electron chi connectivity index (χ4n) is 1.72. The molecule has 0 spiro atoms. The Morgan fingerprint density at radius 2 is 2.14 bits per heavy atom. The maximum Gasteiger partial charge on any atom is 0.242 e. The largest absolute Gasteiger partial charge is 0.260 e. The van der Waals surface area contributed by atoms with E-state index in [2.05, 4.69) is 9.71 Å². The molecule has 1 heterocycles. The predicted molar refractivity (Wildman–Crippen MR) is 79.2 cm³/mol. The summed E-state index contributed by atoms with van der Waals surface area (Å²) in [6, 6.07) is 9.61. The van der Waals surface area contributed by atoms with Gasteiger partial charge in [0.05, 0.1) is 28.9 Å². The highest BCUT2D eigenvalue weighted by Crippen LogP contribution is 2.22. The topological polar surface area (TPSA) is 82.8 Å². The van der Waals surface area contributed by atoms with Crippen LogP contribution in [0.15, 0.2) is 41.4 Å². The minimum atomic E-state index is -3.81. The van der Waals surface area contributed by atoms with Crippen molar-refractivity contribution < 1.29 is 8.42 Å². The molecule has 0 aliphatic rings. The van der Waals surface area contributed by atoms with Crippen molar-refractivity contribution in [2.75, 3.05) is 0 Å². The van der Waals surface area contributed by atoms with Crippen LogP contribution in [-0.4, -0.2) is 13.4 Å². The van der Waals surface area contributed by atoms with Crippen molar-refractivity contribution in [1.29, 1.82) is 5.26 Å². The summed E-state index contributed by atoms with van der Waals surface area (Å²) in [6.07, 6.45) is 1.60. The van der Waals surface area contributed by atoms with Crippen LogP contribution in [0.5, 0.6) is 0 Å². The molecule has 0 aliphatic carbocycles. The van der Waals surface area contributed by atoms with Gasteiger partial charge in [-0.1, -0.05) is 17.7 Å². The first-order valence-electron chi connectivity index (χ1n) is 6.04. The summed E-state index contributed by atoms with van der Waals surface area (Å²) < 4.78 is 27.0. The third-order valence-electron chi connectivity index (χ3n) is 2.90. The number of hydrogen-bond acceptors (Lipinski definition) is 4. The SMILES string of the molecule is Cc1cccnc1CNS(=O)(=O)c1cc(C#N)ccc1Cl. The predicted octanol–water partition coefficient (Wildman–Crippen LogP) is 2.39. The van der Waals surface area contributed by atoms with Gasteiger partial charge < -0.3 is 0 Å². The quantitative estimate of drug-likeness (QED) is 0.937. The summed E-state index contributed by atoms with van der Waals surface area (Å²) in [6.45, 7) is 1.90. The molecule has 108 valence electrons. The highest BCUT2D eigenvalue weighted by atomic mass is 35.5. The van der Waals surface area contributed by atoms with Crippen LogP contribution >= 0.6 is 11.6 Å². The lowest BCUT2D eigenvalue weighted by Crippen LogP contribution is -2.24. The highest BCUT2D eigenvalue weighted by molar-refractivity contribution is 7.89. The van der Waals surface area contributed by atoms with Crippen LogP contribution in [0.4, 0.5) is 0 Å². The molecule has 2 aromatic rings. The van der Waals surface area contributed by atoms with Crippen molar-refractivity contribution in [2.45, 2.75) is 18.4 Å². The molecular weight excluding hydrogens is 310 g/mol. The summed E-state index contributed by atoms with van der Waals surface area (Å²) in [5.41, 5.74) is 1.75. The monoisotopic (exact) mass is 321 g/mol. The Labute approximate surface area is 128 Å². The standard InChI is InChI=1S/C14H12ClN3O2S/c1-10-3-2-6-17-13(10)9-18-21(19,20)14-7-11(8-16)4-5-12(14)15/h2-7,18H,9H2,1H3. The number of nitrogens with one attached hydrogen (secondary N) is 1.